The number of ether oxygens (including phenoxy) is 1. The maximum atomic E-state index is 13.5. The van der Waals surface area contributed by atoms with Crippen LogP contribution in [0.3, 0.4) is 0 Å². The van der Waals surface area contributed by atoms with Gasteiger partial charge in [-0.25, -0.2) is 8.42 Å². The van der Waals surface area contributed by atoms with Gasteiger partial charge in [-0.15, -0.1) is 0 Å². The van der Waals surface area contributed by atoms with Crippen molar-refractivity contribution < 1.29 is 22.7 Å². The van der Waals surface area contributed by atoms with Gasteiger partial charge in [-0.2, -0.15) is 4.31 Å². The van der Waals surface area contributed by atoms with Crippen LogP contribution >= 0.6 is 0 Å². The SMILES string of the molecule is CN(C)CC(=O)N1CC[C@@H]2Oc3ccccc3S(=O)(=O)N(CC(=O)N(C)C)[C@H]2CC1. The average molecular weight is 439 g/mol. The molecule has 0 aromatic heterocycles. The molecule has 2 heterocycles. The van der Waals surface area contributed by atoms with Gasteiger partial charge in [-0.1, -0.05) is 12.1 Å². The minimum atomic E-state index is -3.94. The van der Waals surface area contributed by atoms with Crippen molar-refractivity contribution in [2.45, 2.75) is 29.9 Å². The lowest BCUT2D eigenvalue weighted by molar-refractivity contribution is -0.132. The smallest absolute Gasteiger partial charge is 0.247 e. The normalized spacial score (nSPS) is 23.6. The first-order valence-electron chi connectivity index (χ1n) is 10.0. The second kappa shape index (κ2) is 8.91. The van der Waals surface area contributed by atoms with Gasteiger partial charge in [0.1, 0.15) is 16.7 Å². The molecule has 1 aromatic rings. The molecular weight excluding hydrogens is 408 g/mol. The Kier molecular flexibility index (Phi) is 6.68. The predicted molar refractivity (Wildman–Crippen MR) is 112 cm³/mol. The number of fused-ring (bicyclic) bond motifs is 2. The average Bonchev–Trinajstić information content (AvgIpc) is 2.91. The number of carbonyl (C=O) groups is 2. The first-order chi connectivity index (χ1) is 14.1. The standard InChI is InChI=1S/C20H30N4O5S/c1-21(2)13-20(26)23-11-9-15-16(10-12-23)29-17-7-5-6-8-18(17)30(27,28)24(15)14-19(25)22(3)4/h5-8,15-16H,9-14H2,1-4H3/t15-,16-/m0/s1. The van der Waals surface area contributed by atoms with Crippen LogP contribution in [0.1, 0.15) is 12.8 Å². The number of amides is 2. The number of sulfonamides is 1. The zero-order valence-electron chi connectivity index (χ0n) is 17.9. The summed E-state index contributed by atoms with van der Waals surface area (Å²) in [5, 5.41) is 0. The van der Waals surface area contributed by atoms with E-state index >= 15 is 0 Å². The molecular formula is C20H30N4O5S. The van der Waals surface area contributed by atoms with Crippen LogP contribution in [0.25, 0.3) is 0 Å². The highest BCUT2D eigenvalue weighted by molar-refractivity contribution is 7.89. The maximum absolute atomic E-state index is 13.5. The van der Waals surface area contributed by atoms with E-state index in [1.165, 1.54) is 15.3 Å². The Balaban J connectivity index is 1.97. The van der Waals surface area contributed by atoms with Crippen LogP contribution < -0.4 is 4.74 Å². The van der Waals surface area contributed by atoms with Gasteiger partial charge >= 0.3 is 0 Å². The second-order valence-corrected chi connectivity index (χ2v) is 10.1. The molecule has 2 aliphatic rings. The fourth-order valence-electron chi connectivity index (χ4n) is 3.85. The van der Waals surface area contributed by atoms with E-state index in [1.807, 2.05) is 19.0 Å². The van der Waals surface area contributed by atoms with Gasteiger partial charge < -0.3 is 19.4 Å². The number of likely N-dealkylation sites (N-methyl/N-ethyl adjacent to an activating group) is 2. The number of nitrogens with zero attached hydrogens (tertiary/aromatic N) is 4. The molecule has 0 bridgehead atoms. The number of carbonyl (C=O) groups excluding carboxylic acids is 2. The Morgan fingerprint density at radius 1 is 1.10 bits per heavy atom. The van der Waals surface area contributed by atoms with Crippen LogP contribution in [0.2, 0.25) is 0 Å². The third kappa shape index (κ3) is 4.60. The first kappa shape index (κ1) is 22.5. The van der Waals surface area contributed by atoms with E-state index in [2.05, 4.69) is 0 Å². The fraction of sp³-hybridized carbons (Fsp3) is 0.600. The largest absolute Gasteiger partial charge is 0.487 e. The van der Waals surface area contributed by atoms with Gasteiger partial charge in [0, 0.05) is 33.6 Å². The molecule has 1 saturated heterocycles. The van der Waals surface area contributed by atoms with Crippen molar-refractivity contribution in [1.29, 1.82) is 0 Å². The number of benzene rings is 1. The first-order valence-corrected chi connectivity index (χ1v) is 11.5. The zero-order valence-corrected chi connectivity index (χ0v) is 18.8. The third-order valence-electron chi connectivity index (χ3n) is 5.49. The summed E-state index contributed by atoms with van der Waals surface area (Å²) in [4.78, 5) is 30.1. The molecule has 1 fully saturated rings. The lowest BCUT2D eigenvalue weighted by Crippen LogP contribution is -2.50. The van der Waals surface area contributed by atoms with Crippen LogP contribution in [0.4, 0.5) is 0 Å². The molecule has 30 heavy (non-hydrogen) atoms. The molecule has 10 heteroatoms. The molecule has 0 aliphatic carbocycles. The minimum absolute atomic E-state index is 0.00404. The molecule has 1 aromatic carbocycles. The Hall–Kier alpha value is -2.17. The summed E-state index contributed by atoms with van der Waals surface area (Å²) in [7, 11) is 2.93. The molecule has 0 unspecified atom stereocenters. The highest BCUT2D eigenvalue weighted by Gasteiger charge is 2.44. The van der Waals surface area contributed by atoms with Gasteiger partial charge in [0.15, 0.2) is 0 Å². The van der Waals surface area contributed by atoms with Gasteiger partial charge in [-0.3, -0.25) is 9.59 Å². The molecule has 2 atom stereocenters. The van der Waals surface area contributed by atoms with E-state index in [4.69, 9.17) is 4.74 Å². The summed E-state index contributed by atoms with van der Waals surface area (Å²) < 4.78 is 34.4. The van der Waals surface area contributed by atoms with Gasteiger partial charge in [0.05, 0.1) is 19.1 Å². The van der Waals surface area contributed by atoms with Crippen molar-refractivity contribution in [2.24, 2.45) is 0 Å². The quantitative estimate of drug-likeness (QED) is 0.661. The molecule has 0 spiro atoms. The number of para-hydroxylation sites is 1. The molecule has 0 radical (unpaired) electrons. The number of hydrogen-bond acceptors (Lipinski definition) is 6. The predicted octanol–water partition coefficient (Wildman–Crippen LogP) is 0.0791. The highest BCUT2D eigenvalue weighted by atomic mass is 32.2. The Labute approximate surface area is 178 Å². The fourth-order valence-corrected chi connectivity index (χ4v) is 5.60. The van der Waals surface area contributed by atoms with Gasteiger partial charge in [-0.05, 0) is 32.6 Å². The van der Waals surface area contributed by atoms with E-state index in [9.17, 15) is 18.0 Å². The Bertz CT molecular complexity index is 902. The van der Waals surface area contributed by atoms with Crippen LogP contribution in [-0.4, -0.2) is 106 Å². The lowest BCUT2D eigenvalue weighted by atomic mass is 10.1. The van der Waals surface area contributed by atoms with E-state index in [0.29, 0.717) is 38.2 Å². The van der Waals surface area contributed by atoms with E-state index in [-0.39, 0.29) is 23.3 Å². The molecule has 2 aliphatic heterocycles. The van der Waals surface area contributed by atoms with Crippen molar-refractivity contribution in [3.8, 4) is 5.75 Å². The highest BCUT2D eigenvalue weighted by Crippen LogP contribution is 2.36. The monoisotopic (exact) mass is 438 g/mol. The molecule has 2 amide bonds. The van der Waals surface area contributed by atoms with E-state index in [1.54, 1.807) is 37.2 Å². The topological polar surface area (TPSA) is 90.5 Å². The molecule has 166 valence electrons. The minimum Gasteiger partial charge on any atom is -0.487 e. The zero-order chi connectivity index (χ0) is 22.1. The summed E-state index contributed by atoms with van der Waals surface area (Å²) in [6.07, 6.45) is 0.438. The van der Waals surface area contributed by atoms with Crippen molar-refractivity contribution in [1.82, 2.24) is 19.0 Å². The van der Waals surface area contributed by atoms with Crippen molar-refractivity contribution >= 4 is 21.8 Å². The van der Waals surface area contributed by atoms with E-state index in [0.717, 1.165) is 0 Å². The van der Waals surface area contributed by atoms with Crippen molar-refractivity contribution in [3.05, 3.63) is 24.3 Å². The van der Waals surface area contributed by atoms with E-state index < -0.39 is 22.2 Å². The summed E-state index contributed by atoms with van der Waals surface area (Å²) in [5.74, 6) is -0.0162. The molecule has 9 nitrogen and oxygen atoms in total. The van der Waals surface area contributed by atoms with Crippen LogP contribution in [0, 0.1) is 0 Å². The summed E-state index contributed by atoms with van der Waals surface area (Å²) >= 11 is 0. The summed E-state index contributed by atoms with van der Waals surface area (Å²) in [6.45, 7) is 0.918. The molecule has 0 N–H and O–H groups in total. The Morgan fingerprint density at radius 3 is 2.43 bits per heavy atom. The number of hydrogen-bond donors (Lipinski definition) is 0. The van der Waals surface area contributed by atoms with Gasteiger partial charge in [0.25, 0.3) is 0 Å². The van der Waals surface area contributed by atoms with Crippen molar-refractivity contribution in [3.63, 3.8) is 0 Å². The van der Waals surface area contributed by atoms with Crippen molar-refractivity contribution in [2.75, 3.05) is 54.4 Å². The lowest BCUT2D eigenvalue weighted by Gasteiger charge is -2.31. The third-order valence-corrected chi connectivity index (χ3v) is 7.40. The Morgan fingerprint density at radius 2 is 1.77 bits per heavy atom. The number of likely N-dealkylation sites (tertiary alicyclic amines) is 1. The number of rotatable bonds is 4. The summed E-state index contributed by atoms with van der Waals surface area (Å²) in [5.41, 5.74) is 0. The van der Waals surface area contributed by atoms with Crippen LogP contribution in [0.15, 0.2) is 29.2 Å². The molecule has 0 saturated carbocycles. The van der Waals surface area contributed by atoms with Gasteiger partial charge in [0.2, 0.25) is 21.8 Å². The summed E-state index contributed by atoms with van der Waals surface area (Å²) in [6, 6.07) is 5.99. The molecule has 3 rings (SSSR count). The maximum Gasteiger partial charge on any atom is 0.247 e. The van der Waals surface area contributed by atoms with Crippen LogP contribution in [-0.2, 0) is 19.6 Å². The second-order valence-electron chi connectivity index (χ2n) is 8.20. The van der Waals surface area contributed by atoms with Crippen LogP contribution in [0.5, 0.6) is 5.75 Å².